The predicted octanol–water partition coefficient (Wildman–Crippen LogP) is 0.657. The summed E-state index contributed by atoms with van der Waals surface area (Å²) in [5.74, 6) is 0. The standard InChI is InChI=1S/C6H5ClO2/c7-2-1-3-5(8-3)6-4(2)9-6/h1,3-6H/t3-,4-,5-,6-/m1/s1. The van der Waals surface area contributed by atoms with E-state index in [4.69, 9.17) is 21.1 Å². The van der Waals surface area contributed by atoms with Gasteiger partial charge in [0.15, 0.2) is 0 Å². The van der Waals surface area contributed by atoms with Crippen LogP contribution in [0.5, 0.6) is 0 Å². The number of hydrogen-bond donors (Lipinski definition) is 0. The van der Waals surface area contributed by atoms with Gasteiger partial charge < -0.3 is 9.47 Å². The van der Waals surface area contributed by atoms with E-state index in [0.29, 0.717) is 12.2 Å². The maximum absolute atomic E-state index is 5.79. The second-order valence-corrected chi connectivity index (χ2v) is 3.07. The number of ether oxygens (including phenoxy) is 2. The van der Waals surface area contributed by atoms with Crippen molar-refractivity contribution in [1.82, 2.24) is 0 Å². The zero-order chi connectivity index (χ0) is 6.01. The van der Waals surface area contributed by atoms with Crippen molar-refractivity contribution in [3.05, 3.63) is 11.1 Å². The van der Waals surface area contributed by atoms with E-state index < -0.39 is 0 Å². The summed E-state index contributed by atoms with van der Waals surface area (Å²) in [6.07, 6.45) is 3.06. The first-order chi connectivity index (χ1) is 4.36. The van der Waals surface area contributed by atoms with Crippen LogP contribution in [-0.4, -0.2) is 24.4 Å². The van der Waals surface area contributed by atoms with Crippen molar-refractivity contribution < 1.29 is 9.47 Å². The van der Waals surface area contributed by atoms with Crippen LogP contribution in [0, 0.1) is 0 Å². The number of fused-ring (bicyclic) bond motifs is 3. The maximum Gasteiger partial charge on any atom is 0.122 e. The van der Waals surface area contributed by atoms with E-state index in [1.807, 2.05) is 6.08 Å². The first kappa shape index (κ1) is 4.72. The minimum atomic E-state index is 0.190. The largest absolute Gasteiger partial charge is 0.362 e. The van der Waals surface area contributed by atoms with Crippen LogP contribution in [0.25, 0.3) is 0 Å². The monoisotopic (exact) mass is 144 g/mol. The minimum Gasteiger partial charge on any atom is -0.362 e. The summed E-state index contributed by atoms with van der Waals surface area (Å²) in [4.78, 5) is 0. The predicted molar refractivity (Wildman–Crippen MR) is 31.3 cm³/mol. The lowest BCUT2D eigenvalue weighted by Gasteiger charge is -1.93. The van der Waals surface area contributed by atoms with Gasteiger partial charge in [-0.2, -0.15) is 0 Å². The molecule has 2 fully saturated rings. The van der Waals surface area contributed by atoms with E-state index in [9.17, 15) is 0 Å². The maximum atomic E-state index is 5.79. The molecule has 0 saturated carbocycles. The molecule has 2 nitrogen and oxygen atoms in total. The fraction of sp³-hybridized carbons (Fsp3) is 0.667. The van der Waals surface area contributed by atoms with Gasteiger partial charge in [-0.3, -0.25) is 0 Å². The Morgan fingerprint density at radius 2 is 2.22 bits per heavy atom. The summed E-state index contributed by atoms with van der Waals surface area (Å²) in [6.45, 7) is 0. The molecule has 2 heterocycles. The summed E-state index contributed by atoms with van der Waals surface area (Å²) in [5.41, 5.74) is 0. The number of halogens is 1. The van der Waals surface area contributed by atoms with Gasteiger partial charge in [0, 0.05) is 5.03 Å². The lowest BCUT2D eigenvalue weighted by atomic mass is 10.1. The molecule has 0 radical (unpaired) electrons. The van der Waals surface area contributed by atoms with E-state index >= 15 is 0 Å². The fourth-order valence-electron chi connectivity index (χ4n) is 1.38. The summed E-state index contributed by atoms with van der Waals surface area (Å²) >= 11 is 5.79. The molecule has 2 saturated heterocycles. The molecule has 0 bridgehead atoms. The van der Waals surface area contributed by atoms with E-state index in [1.165, 1.54) is 0 Å². The van der Waals surface area contributed by atoms with Gasteiger partial charge in [0.1, 0.15) is 24.4 Å². The highest BCUT2D eigenvalue weighted by Gasteiger charge is 2.61. The molecule has 1 aliphatic carbocycles. The molecule has 2 aliphatic heterocycles. The SMILES string of the molecule is ClC1=C[C@H]2O[C@H]2[C@@H]2O[C@H]12. The molecule has 48 valence electrons. The zero-order valence-electron chi connectivity index (χ0n) is 4.58. The smallest absolute Gasteiger partial charge is 0.122 e. The third-order valence-corrected chi connectivity index (χ3v) is 2.35. The van der Waals surface area contributed by atoms with Crippen molar-refractivity contribution in [3.63, 3.8) is 0 Å². The summed E-state index contributed by atoms with van der Waals surface area (Å²) in [6, 6.07) is 0. The Kier molecular flexibility index (Phi) is 0.625. The van der Waals surface area contributed by atoms with E-state index in [0.717, 1.165) is 5.03 Å². The van der Waals surface area contributed by atoms with Crippen LogP contribution in [0.2, 0.25) is 0 Å². The molecule has 4 atom stereocenters. The molecule has 0 N–H and O–H groups in total. The van der Waals surface area contributed by atoms with Crippen LogP contribution >= 0.6 is 11.6 Å². The Balaban J connectivity index is 2.03. The van der Waals surface area contributed by atoms with Crippen LogP contribution in [0.1, 0.15) is 0 Å². The third kappa shape index (κ3) is 0.491. The van der Waals surface area contributed by atoms with Crippen LogP contribution in [0.3, 0.4) is 0 Å². The van der Waals surface area contributed by atoms with Crippen LogP contribution in [0.4, 0.5) is 0 Å². The van der Waals surface area contributed by atoms with Crippen molar-refractivity contribution in [2.45, 2.75) is 24.4 Å². The van der Waals surface area contributed by atoms with Gasteiger partial charge in [-0.05, 0) is 6.08 Å². The van der Waals surface area contributed by atoms with Gasteiger partial charge in [-0.1, -0.05) is 11.6 Å². The first-order valence-electron chi connectivity index (χ1n) is 3.04. The number of hydrogen-bond acceptors (Lipinski definition) is 2. The zero-order valence-corrected chi connectivity index (χ0v) is 5.34. The highest BCUT2D eigenvalue weighted by molar-refractivity contribution is 6.30. The van der Waals surface area contributed by atoms with Crippen molar-refractivity contribution >= 4 is 11.6 Å². The lowest BCUT2D eigenvalue weighted by molar-refractivity contribution is 0.313. The summed E-state index contributed by atoms with van der Waals surface area (Å²) in [7, 11) is 0. The molecular weight excluding hydrogens is 140 g/mol. The second-order valence-electron chi connectivity index (χ2n) is 2.64. The lowest BCUT2D eigenvalue weighted by Crippen LogP contribution is -2.09. The van der Waals surface area contributed by atoms with Gasteiger partial charge in [0.25, 0.3) is 0 Å². The molecule has 0 unspecified atom stereocenters. The summed E-state index contributed by atoms with van der Waals surface area (Å²) < 4.78 is 10.4. The van der Waals surface area contributed by atoms with Crippen molar-refractivity contribution in [3.8, 4) is 0 Å². The van der Waals surface area contributed by atoms with Crippen LogP contribution in [0.15, 0.2) is 11.1 Å². The topological polar surface area (TPSA) is 25.1 Å². The Labute approximate surface area is 57.4 Å². The van der Waals surface area contributed by atoms with Gasteiger partial charge >= 0.3 is 0 Å². The Hall–Kier alpha value is -0.0500. The highest BCUT2D eigenvalue weighted by atomic mass is 35.5. The molecule has 0 aromatic rings. The van der Waals surface area contributed by atoms with Gasteiger partial charge in [-0.25, -0.2) is 0 Å². The fourth-order valence-corrected chi connectivity index (χ4v) is 1.68. The average Bonchev–Trinajstić information content (AvgIpc) is 2.54. The molecule has 3 heteroatoms. The Morgan fingerprint density at radius 3 is 3.11 bits per heavy atom. The third-order valence-electron chi connectivity index (χ3n) is 2.01. The van der Waals surface area contributed by atoms with Crippen molar-refractivity contribution in [2.24, 2.45) is 0 Å². The molecule has 0 spiro atoms. The molecule has 0 aromatic carbocycles. The van der Waals surface area contributed by atoms with Gasteiger partial charge in [0.05, 0.1) is 0 Å². The first-order valence-corrected chi connectivity index (χ1v) is 3.42. The van der Waals surface area contributed by atoms with Crippen molar-refractivity contribution in [1.29, 1.82) is 0 Å². The average molecular weight is 145 g/mol. The molecular formula is C6H5ClO2. The number of epoxide rings is 2. The minimum absolute atomic E-state index is 0.190. The Morgan fingerprint density at radius 1 is 1.33 bits per heavy atom. The molecule has 0 amide bonds. The van der Waals surface area contributed by atoms with Crippen LogP contribution < -0.4 is 0 Å². The van der Waals surface area contributed by atoms with Crippen LogP contribution in [-0.2, 0) is 9.47 Å². The van der Waals surface area contributed by atoms with Crippen molar-refractivity contribution in [2.75, 3.05) is 0 Å². The second kappa shape index (κ2) is 1.19. The Bertz CT molecular complexity index is 201. The molecule has 0 aromatic heterocycles. The number of rotatable bonds is 0. The molecule has 3 aliphatic rings. The molecule has 3 rings (SSSR count). The normalized spacial score (nSPS) is 59.4. The van der Waals surface area contributed by atoms with E-state index in [2.05, 4.69) is 0 Å². The quantitative estimate of drug-likeness (QED) is 0.467. The van der Waals surface area contributed by atoms with Gasteiger partial charge in [-0.15, -0.1) is 0 Å². The highest BCUT2D eigenvalue weighted by Crippen LogP contribution is 2.48. The van der Waals surface area contributed by atoms with E-state index in [1.54, 1.807) is 0 Å². The van der Waals surface area contributed by atoms with E-state index in [-0.39, 0.29) is 12.2 Å². The molecule has 9 heavy (non-hydrogen) atoms. The summed E-state index contributed by atoms with van der Waals surface area (Å²) in [5, 5.41) is 0.832. The van der Waals surface area contributed by atoms with Gasteiger partial charge in [0.2, 0.25) is 0 Å².